The third-order valence-electron chi connectivity index (χ3n) is 2.73. The van der Waals surface area contributed by atoms with Crippen molar-refractivity contribution in [3.63, 3.8) is 0 Å². The van der Waals surface area contributed by atoms with Crippen LogP contribution in [0.2, 0.25) is 0 Å². The molecule has 1 atom stereocenters. The van der Waals surface area contributed by atoms with Crippen molar-refractivity contribution in [2.45, 2.75) is 51.8 Å². The molecule has 1 rings (SSSR count). The summed E-state index contributed by atoms with van der Waals surface area (Å²) in [7, 11) is 0. The molecular weight excluding hydrogens is 192 g/mol. The summed E-state index contributed by atoms with van der Waals surface area (Å²) < 4.78 is 0. The predicted molar refractivity (Wildman–Crippen MR) is 66.0 cm³/mol. The maximum Gasteiger partial charge on any atom is 0.157 e. The molecule has 14 heavy (non-hydrogen) atoms. The van der Waals surface area contributed by atoms with Gasteiger partial charge in [0.15, 0.2) is 5.17 Å². The first-order valence-electron chi connectivity index (χ1n) is 5.65. The third kappa shape index (κ3) is 3.19. The minimum Gasteiger partial charge on any atom is -0.362 e. The molecule has 0 bridgehead atoms. The van der Waals surface area contributed by atoms with Gasteiger partial charge in [0.2, 0.25) is 0 Å². The number of nitrogens with zero attached hydrogens (tertiary/aromatic N) is 1. The maximum atomic E-state index is 4.54. The largest absolute Gasteiger partial charge is 0.362 e. The monoisotopic (exact) mass is 214 g/mol. The van der Waals surface area contributed by atoms with E-state index >= 15 is 0 Å². The molecule has 0 aliphatic carbocycles. The molecule has 1 aliphatic rings. The highest BCUT2D eigenvalue weighted by Gasteiger charge is 2.23. The minimum absolute atomic E-state index is 0.604. The molecule has 0 aromatic rings. The van der Waals surface area contributed by atoms with Gasteiger partial charge in [-0.1, -0.05) is 39.5 Å². The Kier molecular flexibility index (Phi) is 4.79. The Hall–Kier alpha value is -0.180. The molecule has 0 aromatic heterocycles. The molecule has 0 amide bonds. The lowest BCUT2D eigenvalue weighted by Crippen LogP contribution is -2.31. The molecule has 0 fully saturated rings. The summed E-state index contributed by atoms with van der Waals surface area (Å²) >= 11 is 1.92. The zero-order valence-corrected chi connectivity index (χ0v) is 10.5. The lowest BCUT2D eigenvalue weighted by atomic mass is 10.1. The normalized spacial score (nSPS) is 21.9. The van der Waals surface area contributed by atoms with Crippen LogP contribution in [0.25, 0.3) is 0 Å². The fourth-order valence-corrected chi connectivity index (χ4v) is 2.58. The highest BCUT2D eigenvalue weighted by Crippen LogP contribution is 2.26. The van der Waals surface area contributed by atoms with Crippen molar-refractivity contribution in [3.05, 3.63) is 0 Å². The van der Waals surface area contributed by atoms with E-state index < -0.39 is 0 Å². The molecular formula is C11H22N2S. The fourth-order valence-electron chi connectivity index (χ4n) is 1.48. The standard InChI is InChI=1S/C11H22N2S/c1-5-9(6-2)13-11-12-7-10(14-11)8(3)4/h8-10H,5-7H2,1-4H3,(H,12,13). The Labute approximate surface area is 92.0 Å². The van der Waals surface area contributed by atoms with Gasteiger partial charge in [0.25, 0.3) is 0 Å². The van der Waals surface area contributed by atoms with Crippen LogP contribution in [0.5, 0.6) is 0 Å². The summed E-state index contributed by atoms with van der Waals surface area (Å²) in [6.07, 6.45) is 2.37. The Bertz CT molecular complexity index is 197. The van der Waals surface area contributed by atoms with E-state index in [0.29, 0.717) is 11.3 Å². The SMILES string of the molecule is CCC(CC)NC1=NCC(C(C)C)S1. The van der Waals surface area contributed by atoms with E-state index in [0.717, 1.165) is 17.6 Å². The quantitative estimate of drug-likeness (QED) is 0.778. The summed E-state index contributed by atoms with van der Waals surface area (Å²) in [5.74, 6) is 0.727. The van der Waals surface area contributed by atoms with Crippen molar-refractivity contribution < 1.29 is 0 Å². The fraction of sp³-hybridized carbons (Fsp3) is 0.909. The Morgan fingerprint density at radius 3 is 2.50 bits per heavy atom. The van der Waals surface area contributed by atoms with Crippen LogP contribution in [0.1, 0.15) is 40.5 Å². The average molecular weight is 214 g/mol. The summed E-state index contributed by atoms with van der Waals surface area (Å²) in [4.78, 5) is 4.54. The molecule has 3 heteroatoms. The van der Waals surface area contributed by atoms with E-state index in [1.807, 2.05) is 11.8 Å². The van der Waals surface area contributed by atoms with E-state index in [4.69, 9.17) is 0 Å². The van der Waals surface area contributed by atoms with Crippen molar-refractivity contribution in [2.24, 2.45) is 10.9 Å². The highest BCUT2D eigenvalue weighted by atomic mass is 32.2. The molecule has 82 valence electrons. The maximum absolute atomic E-state index is 4.54. The molecule has 1 aliphatic heterocycles. The lowest BCUT2D eigenvalue weighted by Gasteiger charge is -2.17. The van der Waals surface area contributed by atoms with E-state index in [1.54, 1.807) is 0 Å². The number of thioether (sulfide) groups is 1. The van der Waals surface area contributed by atoms with Crippen LogP contribution in [0.15, 0.2) is 4.99 Å². The van der Waals surface area contributed by atoms with E-state index in [-0.39, 0.29) is 0 Å². The van der Waals surface area contributed by atoms with E-state index in [2.05, 4.69) is 38.0 Å². The number of hydrogen-bond donors (Lipinski definition) is 1. The lowest BCUT2D eigenvalue weighted by molar-refractivity contribution is 0.573. The summed E-state index contributed by atoms with van der Waals surface area (Å²) in [5.41, 5.74) is 0. The Morgan fingerprint density at radius 2 is 2.07 bits per heavy atom. The Morgan fingerprint density at radius 1 is 1.43 bits per heavy atom. The number of hydrogen-bond acceptors (Lipinski definition) is 3. The minimum atomic E-state index is 0.604. The number of rotatable bonds is 4. The second-order valence-corrected chi connectivity index (χ2v) is 5.43. The number of aliphatic imine (C=N–C) groups is 1. The molecule has 0 saturated carbocycles. The smallest absolute Gasteiger partial charge is 0.157 e. The van der Waals surface area contributed by atoms with Crippen molar-refractivity contribution >= 4 is 16.9 Å². The van der Waals surface area contributed by atoms with Crippen LogP contribution in [-0.2, 0) is 0 Å². The molecule has 2 nitrogen and oxygen atoms in total. The van der Waals surface area contributed by atoms with E-state index in [1.165, 1.54) is 12.8 Å². The van der Waals surface area contributed by atoms with E-state index in [9.17, 15) is 0 Å². The van der Waals surface area contributed by atoms with Gasteiger partial charge in [-0.25, -0.2) is 0 Å². The second-order valence-electron chi connectivity index (χ2n) is 4.20. The van der Waals surface area contributed by atoms with Gasteiger partial charge in [-0.2, -0.15) is 0 Å². The van der Waals surface area contributed by atoms with Crippen LogP contribution in [0.4, 0.5) is 0 Å². The molecule has 0 saturated heterocycles. The van der Waals surface area contributed by atoms with Crippen molar-refractivity contribution in [2.75, 3.05) is 6.54 Å². The van der Waals surface area contributed by atoms with Gasteiger partial charge in [-0.15, -0.1) is 0 Å². The number of nitrogens with one attached hydrogen (secondary N) is 1. The first-order chi connectivity index (χ1) is 6.67. The molecule has 0 radical (unpaired) electrons. The molecule has 0 spiro atoms. The zero-order valence-electron chi connectivity index (χ0n) is 9.71. The summed E-state index contributed by atoms with van der Waals surface area (Å²) in [6.45, 7) is 9.98. The predicted octanol–water partition coefficient (Wildman–Crippen LogP) is 2.89. The van der Waals surface area contributed by atoms with Crippen molar-refractivity contribution in [1.29, 1.82) is 0 Å². The van der Waals surface area contributed by atoms with Crippen molar-refractivity contribution in [3.8, 4) is 0 Å². The first kappa shape index (κ1) is 11.9. The average Bonchev–Trinajstić information content (AvgIpc) is 2.62. The van der Waals surface area contributed by atoms with Gasteiger partial charge >= 0.3 is 0 Å². The molecule has 1 heterocycles. The summed E-state index contributed by atoms with van der Waals surface area (Å²) in [5, 5.41) is 5.36. The molecule has 1 unspecified atom stereocenters. The van der Waals surface area contributed by atoms with Crippen LogP contribution in [0.3, 0.4) is 0 Å². The van der Waals surface area contributed by atoms with Gasteiger partial charge in [-0.05, 0) is 18.8 Å². The van der Waals surface area contributed by atoms with Crippen LogP contribution in [0, 0.1) is 5.92 Å². The highest BCUT2D eigenvalue weighted by molar-refractivity contribution is 8.14. The van der Waals surface area contributed by atoms with Gasteiger partial charge < -0.3 is 5.32 Å². The topological polar surface area (TPSA) is 24.4 Å². The van der Waals surface area contributed by atoms with Gasteiger partial charge in [0.05, 0.1) is 6.54 Å². The molecule has 0 aromatic carbocycles. The second kappa shape index (κ2) is 5.64. The molecule has 1 N–H and O–H groups in total. The van der Waals surface area contributed by atoms with Crippen molar-refractivity contribution in [1.82, 2.24) is 5.32 Å². The third-order valence-corrected chi connectivity index (χ3v) is 4.20. The zero-order chi connectivity index (χ0) is 10.6. The van der Waals surface area contributed by atoms with Gasteiger partial charge in [0, 0.05) is 11.3 Å². The van der Waals surface area contributed by atoms with Crippen LogP contribution in [-0.4, -0.2) is 23.0 Å². The number of amidine groups is 1. The van der Waals surface area contributed by atoms with Gasteiger partial charge in [-0.3, -0.25) is 4.99 Å². The van der Waals surface area contributed by atoms with Crippen LogP contribution >= 0.6 is 11.8 Å². The summed E-state index contributed by atoms with van der Waals surface area (Å²) in [6, 6.07) is 0.604. The Balaban J connectivity index is 2.34. The first-order valence-corrected chi connectivity index (χ1v) is 6.52. The van der Waals surface area contributed by atoms with Crippen LogP contribution < -0.4 is 5.32 Å². The van der Waals surface area contributed by atoms with Gasteiger partial charge in [0.1, 0.15) is 0 Å².